The van der Waals surface area contributed by atoms with Crippen LogP contribution in [-0.4, -0.2) is 27.7 Å². The topological polar surface area (TPSA) is 81.4 Å². The molecule has 1 aromatic rings. The Bertz CT molecular complexity index is 619. The normalized spacial score (nSPS) is 22.6. The molecule has 2 atom stereocenters. The zero-order valence-electron chi connectivity index (χ0n) is 12.2. The highest BCUT2D eigenvalue weighted by Crippen LogP contribution is 2.25. The predicted molar refractivity (Wildman–Crippen MR) is 78.9 cm³/mol. The summed E-state index contributed by atoms with van der Waals surface area (Å²) < 4.78 is 46.4. The van der Waals surface area contributed by atoms with Crippen LogP contribution in [0.3, 0.4) is 0 Å². The van der Waals surface area contributed by atoms with Gasteiger partial charge in [-0.2, -0.15) is 0 Å². The Hall–Kier alpha value is -1.18. The van der Waals surface area contributed by atoms with E-state index in [1.807, 2.05) is 6.92 Å². The van der Waals surface area contributed by atoms with Crippen molar-refractivity contribution in [1.29, 1.82) is 0 Å². The molecule has 2 rings (SSSR count). The molecule has 5 nitrogen and oxygen atoms in total. The maximum absolute atomic E-state index is 13.6. The first-order chi connectivity index (χ1) is 9.85. The Morgan fingerprint density at radius 1 is 1.48 bits per heavy atom. The van der Waals surface area contributed by atoms with E-state index in [9.17, 15) is 12.8 Å². The molecule has 2 unspecified atom stereocenters. The van der Waals surface area contributed by atoms with Crippen molar-refractivity contribution in [2.24, 2.45) is 5.92 Å². The fourth-order valence-electron chi connectivity index (χ4n) is 2.62. The average Bonchev–Trinajstić information content (AvgIpc) is 2.88. The van der Waals surface area contributed by atoms with E-state index in [1.54, 1.807) is 0 Å². The first-order valence-corrected chi connectivity index (χ1v) is 8.50. The van der Waals surface area contributed by atoms with Crippen LogP contribution in [0, 0.1) is 18.7 Å². The number of hydrogen-bond acceptors (Lipinski definition) is 4. The summed E-state index contributed by atoms with van der Waals surface area (Å²) in [6, 6.07) is 2.40. The first-order valence-electron chi connectivity index (χ1n) is 7.02. The van der Waals surface area contributed by atoms with E-state index in [1.165, 1.54) is 13.0 Å². The predicted octanol–water partition coefficient (Wildman–Crippen LogP) is 1.81. The van der Waals surface area contributed by atoms with Crippen molar-refractivity contribution < 1.29 is 17.5 Å². The van der Waals surface area contributed by atoms with Crippen LogP contribution in [0.5, 0.6) is 0 Å². The van der Waals surface area contributed by atoms with Crippen molar-refractivity contribution in [2.75, 3.05) is 18.9 Å². The summed E-state index contributed by atoms with van der Waals surface area (Å²) in [5.41, 5.74) is 5.70. The molecule has 1 fully saturated rings. The number of halogens is 1. The van der Waals surface area contributed by atoms with Crippen LogP contribution < -0.4 is 10.5 Å². The standard InChI is InChI=1S/C14H21FN2O3S/c1-3-13-10(4-5-20-13)8-17-21(18,19)14-7-11(16)6-12(15)9(14)2/h6-7,10,13,17H,3-5,8,16H2,1-2H3. The highest BCUT2D eigenvalue weighted by atomic mass is 32.2. The smallest absolute Gasteiger partial charge is 0.241 e. The second-order valence-electron chi connectivity index (χ2n) is 5.34. The third-order valence-electron chi connectivity index (χ3n) is 3.89. The molecule has 118 valence electrons. The first kappa shape index (κ1) is 16.2. The summed E-state index contributed by atoms with van der Waals surface area (Å²) in [4.78, 5) is -0.105. The van der Waals surface area contributed by atoms with Crippen molar-refractivity contribution >= 4 is 15.7 Å². The van der Waals surface area contributed by atoms with E-state index in [4.69, 9.17) is 10.5 Å². The number of benzene rings is 1. The lowest BCUT2D eigenvalue weighted by Crippen LogP contribution is -2.33. The van der Waals surface area contributed by atoms with Gasteiger partial charge in [0.1, 0.15) is 5.82 Å². The van der Waals surface area contributed by atoms with E-state index in [0.29, 0.717) is 6.61 Å². The van der Waals surface area contributed by atoms with Crippen molar-refractivity contribution in [1.82, 2.24) is 4.72 Å². The van der Waals surface area contributed by atoms with Gasteiger partial charge in [0.2, 0.25) is 10.0 Å². The molecular formula is C14H21FN2O3S. The van der Waals surface area contributed by atoms with E-state index in [-0.39, 0.29) is 34.7 Å². The molecule has 7 heteroatoms. The summed E-state index contributed by atoms with van der Waals surface area (Å²) in [6.07, 6.45) is 1.75. The van der Waals surface area contributed by atoms with E-state index in [2.05, 4.69) is 4.72 Å². The molecule has 1 aliphatic heterocycles. The molecule has 0 aromatic heterocycles. The van der Waals surface area contributed by atoms with Crippen LogP contribution in [0.1, 0.15) is 25.3 Å². The minimum absolute atomic E-state index is 0.0753. The summed E-state index contributed by atoms with van der Waals surface area (Å²) in [5.74, 6) is -0.470. The maximum Gasteiger partial charge on any atom is 0.241 e. The number of nitrogen functional groups attached to an aromatic ring is 1. The minimum atomic E-state index is -3.78. The van der Waals surface area contributed by atoms with E-state index >= 15 is 0 Å². The largest absolute Gasteiger partial charge is 0.399 e. The summed E-state index contributed by atoms with van der Waals surface area (Å²) >= 11 is 0. The lowest BCUT2D eigenvalue weighted by atomic mass is 10.0. The number of sulfonamides is 1. The van der Waals surface area contributed by atoms with Gasteiger partial charge in [0.15, 0.2) is 0 Å². The van der Waals surface area contributed by atoms with Gasteiger partial charge >= 0.3 is 0 Å². The second-order valence-corrected chi connectivity index (χ2v) is 7.08. The van der Waals surface area contributed by atoms with Crippen molar-refractivity contribution in [3.05, 3.63) is 23.5 Å². The van der Waals surface area contributed by atoms with Gasteiger partial charge in [0.05, 0.1) is 11.0 Å². The van der Waals surface area contributed by atoms with Gasteiger partial charge in [0.25, 0.3) is 0 Å². The molecule has 0 aliphatic carbocycles. The van der Waals surface area contributed by atoms with Gasteiger partial charge in [-0.1, -0.05) is 6.92 Å². The van der Waals surface area contributed by atoms with Crippen LogP contribution in [-0.2, 0) is 14.8 Å². The molecule has 1 aliphatic rings. The Balaban J connectivity index is 2.16. The maximum atomic E-state index is 13.6. The zero-order valence-corrected chi connectivity index (χ0v) is 13.0. The molecule has 1 heterocycles. The molecule has 3 N–H and O–H groups in total. The molecule has 1 saturated heterocycles. The Labute approximate surface area is 124 Å². The van der Waals surface area contributed by atoms with Gasteiger partial charge in [-0.05, 0) is 31.9 Å². The van der Waals surface area contributed by atoms with Crippen LogP contribution in [0.4, 0.5) is 10.1 Å². The number of ether oxygens (including phenoxy) is 1. The van der Waals surface area contributed by atoms with E-state index in [0.717, 1.165) is 18.9 Å². The molecule has 21 heavy (non-hydrogen) atoms. The van der Waals surface area contributed by atoms with Gasteiger partial charge in [-0.25, -0.2) is 17.5 Å². The molecule has 1 aromatic carbocycles. The molecular weight excluding hydrogens is 295 g/mol. The Morgan fingerprint density at radius 2 is 2.19 bits per heavy atom. The van der Waals surface area contributed by atoms with Gasteiger partial charge in [-0.15, -0.1) is 0 Å². The molecule has 0 saturated carbocycles. The zero-order chi connectivity index (χ0) is 15.6. The fraction of sp³-hybridized carbons (Fsp3) is 0.571. The number of nitrogens with two attached hydrogens (primary N) is 1. The fourth-order valence-corrected chi connectivity index (χ4v) is 4.01. The lowest BCUT2D eigenvalue weighted by Gasteiger charge is -2.18. The Morgan fingerprint density at radius 3 is 2.86 bits per heavy atom. The molecule has 0 spiro atoms. The Kier molecular flexibility index (Phi) is 4.85. The number of anilines is 1. The van der Waals surface area contributed by atoms with Crippen LogP contribution in [0.2, 0.25) is 0 Å². The molecule has 0 radical (unpaired) electrons. The third kappa shape index (κ3) is 3.53. The highest BCUT2D eigenvalue weighted by molar-refractivity contribution is 7.89. The SMILES string of the molecule is CCC1OCCC1CNS(=O)(=O)c1cc(N)cc(F)c1C. The number of hydrogen-bond donors (Lipinski definition) is 2. The monoisotopic (exact) mass is 316 g/mol. The average molecular weight is 316 g/mol. The number of rotatable bonds is 5. The highest BCUT2D eigenvalue weighted by Gasteiger charge is 2.29. The summed E-state index contributed by atoms with van der Waals surface area (Å²) in [6.45, 7) is 4.37. The third-order valence-corrected chi connectivity index (χ3v) is 5.44. The summed E-state index contributed by atoms with van der Waals surface area (Å²) in [5, 5.41) is 0. The van der Waals surface area contributed by atoms with Crippen molar-refractivity contribution in [2.45, 2.75) is 37.7 Å². The van der Waals surface area contributed by atoms with Crippen molar-refractivity contribution in [3.8, 4) is 0 Å². The van der Waals surface area contributed by atoms with Gasteiger partial charge in [0, 0.05) is 30.3 Å². The van der Waals surface area contributed by atoms with Crippen molar-refractivity contribution in [3.63, 3.8) is 0 Å². The molecule has 0 amide bonds. The number of nitrogens with one attached hydrogen (secondary N) is 1. The van der Waals surface area contributed by atoms with Gasteiger partial charge < -0.3 is 10.5 Å². The molecule has 0 bridgehead atoms. The van der Waals surface area contributed by atoms with Crippen LogP contribution >= 0.6 is 0 Å². The summed E-state index contributed by atoms with van der Waals surface area (Å²) in [7, 11) is -3.78. The lowest BCUT2D eigenvalue weighted by molar-refractivity contribution is 0.0884. The quantitative estimate of drug-likeness (QED) is 0.812. The second kappa shape index (κ2) is 6.29. The van der Waals surface area contributed by atoms with Crippen LogP contribution in [0.25, 0.3) is 0 Å². The minimum Gasteiger partial charge on any atom is -0.399 e. The van der Waals surface area contributed by atoms with Gasteiger partial charge in [-0.3, -0.25) is 0 Å². The van der Waals surface area contributed by atoms with Crippen LogP contribution in [0.15, 0.2) is 17.0 Å². The van der Waals surface area contributed by atoms with E-state index < -0.39 is 15.8 Å².